The zero-order valence-corrected chi connectivity index (χ0v) is 13.7. The summed E-state index contributed by atoms with van der Waals surface area (Å²) in [6, 6.07) is 9.11. The van der Waals surface area contributed by atoms with Crippen LogP contribution >= 0.6 is 43.2 Å². The molecule has 0 fully saturated rings. The van der Waals surface area contributed by atoms with Crippen molar-refractivity contribution < 1.29 is 4.39 Å². The van der Waals surface area contributed by atoms with E-state index >= 15 is 0 Å². The molecule has 1 aromatic heterocycles. The number of thiophene rings is 1. The van der Waals surface area contributed by atoms with Crippen LogP contribution in [-0.4, -0.2) is 0 Å². The molecule has 1 heterocycles. The van der Waals surface area contributed by atoms with Gasteiger partial charge in [-0.1, -0.05) is 15.9 Å². The van der Waals surface area contributed by atoms with E-state index in [9.17, 15) is 4.39 Å². The lowest BCUT2D eigenvalue weighted by atomic mass is 10.2. The molecule has 1 unspecified atom stereocenters. The van der Waals surface area contributed by atoms with Gasteiger partial charge in [-0.25, -0.2) is 4.39 Å². The van der Waals surface area contributed by atoms with Crippen LogP contribution in [0.15, 0.2) is 38.6 Å². The first kappa shape index (κ1) is 14.2. The minimum atomic E-state index is -0.207. The van der Waals surface area contributed by atoms with E-state index in [1.54, 1.807) is 23.5 Å². The highest BCUT2D eigenvalue weighted by Gasteiger charge is 2.09. The number of benzene rings is 1. The maximum absolute atomic E-state index is 13.1. The number of hydrogen-bond acceptors (Lipinski definition) is 2. The van der Waals surface area contributed by atoms with Crippen LogP contribution in [-0.2, 0) is 6.54 Å². The van der Waals surface area contributed by atoms with Crippen molar-refractivity contribution in [1.29, 1.82) is 0 Å². The van der Waals surface area contributed by atoms with Crippen LogP contribution in [0, 0.1) is 5.82 Å². The van der Waals surface area contributed by atoms with Gasteiger partial charge >= 0.3 is 0 Å². The fraction of sp³-hybridized carbons (Fsp3) is 0.231. The molecule has 0 radical (unpaired) electrons. The van der Waals surface area contributed by atoms with Gasteiger partial charge in [0.2, 0.25) is 0 Å². The van der Waals surface area contributed by atoms with Gasteiger partial charge in [0.05, 0.1) is 3.79 Å². The molecule has 2 rings (SSSR count). The van der Waals surface area contributed by atoms with E-state index in [-0.39, 0.29) is 11.9 Å². The van der Waals surface area contributed by atoms with Crippen LogP contribution in [0.5, 0.6) is 0 Å². The van der Waals surface area contributed by atoms with Gasteiger partial charge in [0.1, 0.15) is 5.82 Å². The molecule has 0 aliphatic rings. The monoisotopic (exact) mass is 391 g/mol. The summed E-state index contributed by atoms with van der Waals surface area (Å²) in [6.45, 7) is 2.74. The van der Waals surface area contributed by atoms with E-state index in [0.29, 0.717) is 6.54 Å². The van der Waals surface area contributed by atoms with Gasteiger partial charge < -0.3 is 5.32 Å². The number of rotatable bonds is 4. The SMILES string of the molecule is CC(NCc1cc(F)ccc1Br)c1ccc(Br)s1. The van der Waals surface area contributed by atoms with Crippen molar-refractivity contribution >= 4 is 43.2 Å². The molecule has 0 amide bonds. The third-order valence-electron chi connectivity index (χ3n) is 2.63. The lowest BCUT2D eigenvalue weighted by Gasteiger charge is -2.13. The summed E-state index contributed by atoms with van der Waals surface area (Å²) < 4.78 is 15.2. The summed E-state index contributed by atoms with van der Waals surface area (Å²) in [7, 11) is 0. The average Bonchev–Trinajstić information content (AvgIpc) is 2.77. The van der Waals surface area contributed by atoms with Gasteiger partial charge in [-0.2, -0.15) is 0 Å². The third-order valence-corrected chi connectivity index (χ3v) is 5.21. The van der Waals surface area contributed by atoms with Gasteiger partial charge in [0.15, 0.2) is 0 Å². The molecule has 0 saturated carbocycles. The van der Waals surface area contributed by atoms with Gasteiger partial charge in [-0.05, 0) is 58.7 Å². The summed E-state index contributed by atoms with van der Waals surface area (Å²) in [5.41, 5.74) is 0.928. The summed E-state index contributed by atoms with van der Waals surface area (Å²) in [6.07, 6.45) is 0. The van der Waals surface area contributed by atoms with Crippen molar-refractivity contribution in [2.45, 2.75) is 19.5 Å². The second-order valence-corrected chi connectivity index (χ2v) is 7.33. The lowest BCUT2D eigenvalue weighted by molar-refractivity contribution is 0.575. The zero-order valence-electron chi connectivity index (χ0n) is 9.71. The first-order valence-electron chi connectivity index (χ1n) is 5.49. The Morgan fingerprint density at radius 2 is 2.06 bits per heavy atom. The molecule has 1 N–H and O–H groups in total. The second kappa shape index (κ2) is 6.28. The molecule has 5 heteroatoms. The van der Waals surface area contributed by atoms with Crippen LogP contribution < -0.4 is 5.32 Å². The van der Waals surface area contributed by atoms with Crippen LogP contribution in [0.1, 0.15) is 23.4 Å². The van der Waals surface area contributed by atoms with E-state index < -0.39 is 0 Å². The molecule has 0 aliphatic carbocycles. The van der Waals surface area contributed by atoms with Crippen molar-refractivity contribution in [2.75, 3.05) is 0 Å². The molecule has 1 aromatic carbocycles. The summed E-state index contributed by atoms with van der Waals surface area (Å²) in [5.74, 6) is -0.207. The molecular formula is C13H12Br2FNS. The van der Waals surface area contributed by atoms with Crippen molar-refractivity contribution in [2.24, 2.45) is 0 Å². The average molecular weight is 393 g/mol. The number of nitrogens with one attached hydrogen (secondary N) is 1. The van der Waals surface area contributed by atoms with Crippen molar-refractivity contribution in [3.8, 4) is 0 Å². The first-order valence-corrected chi connectivity index (χ1v) is 7.89. The molecule has 2 aromatic rings. The van der Waals surface area contributed by atoms with Crippen LogP contribution in [0.25, 0.3) is 0 Å². The Bertz CT molecular complexity index is 542. The topological polar surface area (TPSA) is 12.0 Å². The molecular weight excluding hydrogens is 381 g/mol. The van der Waals surface area contributed by atoms with E-state index in [1.165, 1.54) is 10.9 Å². The predicted molar refractivity (Wildman–Crippen MR) is 81.4 cm³/mol. The third kappa shape index (κ3) is 3.63. The molecule has 0 bridgehead atoms. The lowest BCUT2D eigenvalue weighted by Crippen LogP contribution is -2.17. The maximum atomic E-state index is 13.1. The van der Waals surface area contributed by atoms with Crippen LogP contribution in [0.2, 0.25) is 0 Å². The van der Waals surface area contributed by atoms with Crippen LogP contribution in [0.3, 0.4) is 0 Å². The van der Waals surface area contributed by atoms with E-state index in [4.69, 9.17) is 0 Å². The normalized spacial score (nSPS) is 12.7. The smallest absolute Gasteiger partial charge is 0.123 e. The van der Waals surface area contributed by atoms with Gasteiger partial charge in [-0.3, -0.25) is 0 Å². The Morgan fingerprint density at radius 3 is 2.72 bits per heavy atom. The molecule has 0 saturated heterocycles. The first-order chi connectivity index (χ1) is 8.56. The minimum absolute atomic E-state index is 0.207. The molecule has 1 atom stereocenters. The van der Waals surface area contributed by atoms with E-state index in [0.717, 1.165) is 13.8 Å². The maximum Gasteiger partial charge on any atom is 0.123 e. The number of hydrogen-bond donors (Lipinski definition) is 1. The van der Waals surface area contributed by atoms with Gasteiger partial charge in [-0.15, -0.1) is 11.3 Å². The van der Waals surface area contributed by atoms with Crippen molar-refractivity contribution in [1.82, 2.24) is 5.32 Å². The molecule has 18 heavy (non-hydrogen) atoms. The molecule has 0 spiro atoms. The van der Waals surface area contributed by atoms with Gasteiger partial charge in [0, 0.05) is 21.9 Å². The predicted octanol–water partition coefficient (Wildman–Crippen LogP) is 5.26. The van der Waals surface area contributed by atoms with Crippen molar-refractivity contribution in [3.63, 3.8) is 0 Å². The highest BCUT2D eigenvalue weighted by atomic mass is 79.9. The second-order valence-electron chi connectivity index (χ2n) is 3.98. The quantitative estimate of drug-likeness (QED) is 0.747. The Balaban J connectivity index is 2.01. The fourth-order valence-electron chi connectivity index (χ4n) is 1.60. The minimum Gasteiger partial charge on any atom is -0.305 e. The largest absolute Gasteiger partial charge is 0.305 e. The zero-order chi connectivity index (χ0) is 13.1. The summed E-state index contributed by atoms with van der Waals surface area (Å²) >= 11 is 8.59. The standard InChI is InChI=1S/C13H12Br2FNS/c1-8(12-4-5-13(15)18-12)17-7-9-6-10(16)2-3-11(9)14/h2-6,8,17H,7H2,1H3. The Labute approximate surface area is 127 Å². The van der Waals surface area contributed by atoms with Crippen molar-refractivity contribution in [3.05, 3.63) is 54.8 Å². The van der Waals surface area contributed by atoms with Crippen LogP contribution in [0.4, 0.5) is 4.39 Å². The molecule has 1 nitrogen and oxygen atoms in total. The molecule has 0 aliphatic heterocycles. The Kier molecular flexibility index (Phi) is 4.95. The highest BCUT2D eigenvalue weighted by molar-refractivity contribution is 9.11. The Hall–Kier alpha value is -0.230. The van der Waals surface area contributed by atoms with E-state index in [1.807, 2.05) is 6.07 Å². The van der Waals surface area contributed by atoms with E-state index in [2.05, 4.69) is 50.2 Å². The Morgan fingerprint density at radius 1 is 1.28 bits per heavy atom. The summed E-state index contributed by atoms with van der Waals surface area (Å²) in [5, 5.41) is 3.39. The fourth-order valence-corrected chi connectivity index (χ4v) is 3.44. The van der Waals surface area contributed by atoms with Gasteiger partial charge in [0.25, 0.3) is 0 Å². The highest BCUT2D eigenvalue weighted by Crippen LogP contribution is 2.27. The number of halogens is 3. The summed E-state index contributed by atoms with van der Waals surface area (Å²) in [4.78, 5) is 1.26. The molecule has 96 valence electrons.